The number of nitrogens with one attached hydrogen (secondary N) is 1. The first-order valence-electron chi connectivity index (χ1n) is 7.20. The fraction of sp³-hybridized carbons (Fsp3) is 0.467. The van der Waals surface area contributed by atoms with Crippen LogP contribution in [0.5, 0.6) is 0 Å². The number of oxazole rings is 1. The van der Waals surface area contributed by atoms with Crippen LogP contribution >= 0.6 is 36.2 Å². The van der Waals surface area contributed by atoms with Crippen molar-refractivity contribution in [2.24, 2.45) is 5.73 Å². The summed E-state index contributed by atoms with van der Waals surface area (Å²) in [5, 5.41) is 4.91. The Morgan fingerprint density at radius 3 is 2.87 bits per heavy atom. The largest absolute Gasteiger partial charge is 0.444 e. The standard InChI is InChI=1S/C15H21N3O2S.2ClH/c1-2-3-5-11(9-16)17-14(19)8-12-10-20-15(18-12)13-6-4-7-21-13;;/h4,6-7,10-11H,2-3,5,8-9,16H2,1H3,(H,17,19);2*1H. The molecule has 8 heteroatoms. The van der Waals surface area contributed by atoms with Crippen LogP contribution in [0.1, 0.15) is 31.9 Å². The number of thiophene rings is 1. The third-order valence-corrected chi connectivity index (χ3v) is 4.04. The van der Waals surface area contributed by atoms with Crippen LogP contribution in [0.15, 0.2) is 28.2 Å². The van der Waals surface area contributed by atoms with Gasteiger partial charge in [0.15, 0.2) is 0 Å². The van der Waals surface area contributed by atoms with Crippen molar-refractivity contribution in [2.45, 2.75) is 38.6 Å². The molecule has 130 valence electrons. The number of unbranched alkanes of at least 4 members (excludes halogenated alkanes) is 1. The van der Waals surface area contributed by atoms with Crippen molar-refractivity contribution in [1.82, 2.24) is 10.3 Å². The Bertz CT molecular complexity index is 561. The Hall–Kier alpha value is -1.08. The van der Waals surface area contributed by atoms with Gasteiger partial charge < -0.3 is 15.5 Å². The number of nitrogens with two attached hydrogens (primary N) is 1. The second-order valence-electron chi connectivity index (χ2n) is 4.94. The van der Waals surface area contributed by atoms with E-state index in [1.165, 1.54) is 6.26 Å². The van der Waals surface area contributed by atoms with Crippen molar-refractivity contribution < 1.29 is 9.21 Å². The summed E-state index contributed by atoms with van der Waals surface area (Å²) in [7, 11) is 0. The summed E-state index contributed by atoms with van der Waals surface area (Å²) < 4.78 is 5.40. The summed E-state index contributed by atoms with van der Waals surface area (Å²) in [6, 6.07) is 3.92. The van der Waals surface area contributed by atoms with E-state index in [1.807, 2.05) is 17.5 Å². The molecule has 5 nitrogen and oxygen atoms in total. The molecule has 0 aliphatic rings. The highest BCUT2D eigenvalue weighted by Crippen LogP contribution is 2.23. The molecule has 2 rings (SSSR count). The summed E-state index contributed by atoms with van der Waals surface area (Å²) >= 11 is 1.56. The number of hydrogen-bond donors (Lipinski definition) is 2. The van der Waals surface area contributed by atoms with E-state index in [2.05, 4.69) is 17.2 Å². The topological polar surface area (TPSA) is 81.1 Å². The van der Waals surface area contributed by atoms with Gasteiger partial charge in [-0.25, -0.2) is 4.98 Å². The summed E-state index contributed by atoms with van der Waals surface area (Å²) in [6.45, 7) is 2.59. The molecule has 0 radical (unpaired) electrons. The monoisotopic (exact) mass is 379 g/mol. The summed E-state index contributed by atoms with van der Waals surface area (Å²) in [5.41, 5.74) is 6.32. The normalized spacial score (nSPS) is 11.2. The maximum Gasteiger partial charge on any atom is 0.236 e. The minimum Gasteiger partial charge on any atom is -0.444 e. The minimum atomic E-state index is -0.0624. The quantitative estimate of drug-likeness (QED) is 0.735. The second kappa shape index (κ2) is 11.5. The van der Waals surface area contributed by atoms with Gasteiger partial charge in [0.1, 0.15) is 6.26 Å². The van der Waals surface area contributed by atoms with Crippen molar-refractivity contribution in [1.29, 1.82) is 0 Å². The fourth-order valence-corrected chi connectivity index (χ4v) is 2.70. The first-order valence-corrected chi connectivity index (χ1v) is 8.08. The fourth-order valence-electron chi connectivity index (χ4n) is 2.04. The number of aromatic nitrogens is 1. The van der Waals surface area contributed by atoms with Gasteiger partial charge in [-0.15, -0.1) is 36.2 Å². The molecule has 0 aliphatic heterocycles. The average Bonchev–Trinajstić information content (AvgIpc) is 3.13. The Labute approximate surface area is 152 Å². The molecule has 1 amide bonds. The number of carbonyl (C=O) groups is 1. The maximum absolute atomic E-state index is 12.0. The van der Waals surface area contributed by atoms with Crippen LogP contribution in [0.4, 0.5) is 0 Å². The Morgan fingerprint density at radius 2 is 2.26 bits per heavy atom. The SMILES string of the molecule is CCCCC(CN)NC(=O)Cc1coc(-c2cccs2)n1.Cl.Cl. The molecule has 2 aromatic rings. The van der Waals surface area contributed by atoms with Crippen LogP contribution in [0.3, 0.4) is 0 Å². The van der Waals surface area contributed by atoms with E-state index >= 15 is 0 Å². The van der Waals surface area contributed by atoms with E-state index in [0.29, 0.717) is 18.1 Å². The van der Waals surface area contributed by atoms with Gasteiger partial charge in [-0.3, -0.25) is 4.79 Å². The molecule has 0 aromatic carbocycles. The molecule has 2 heterocycles. The van der Waals surface area contributed by atoms with Gasteiger partial charge in [-0.05, 0) is 17.9 Å². The molecule has 2 aromatic heterocycles. The van der Waals surface area contributed by atoms with E-state index < -0.39 is 0 Å². The van der Waals surface area contributed by atoms with Crippen molar-refractivity contribution in [3.05, 3.63) is 29.5 Å². The highest BCUT2D eigenvalue weighted by molar-refractivity contribution is 7.13. The van der Waals surface area contributed by atoms with Gasteiger partial charge >= 0.3 is 0 Å². The van der Waals surface area contributed by atoms with Crippen molar-refractivity contribution in [2.75, 3.05) is 6.54 Å². The number of rotatable bonds is 8. The second-order valence-corrected chi connectivity index (χ2v) is 5.89. The van der Waals surface area contributed by atoms with Gasteiger partial charge in [0.05, 0.1) is 17.0 Å². The first-order chi connectivity index (χ1) is 10.2. The zero-order valence-electron chi connectivity index (χ0n) is 13.0. The van der Waals surface area contributed by atoms with Crippen LogP contribution in [0.2, 0.25) is 0 Å². The highest BCUT2D eigenvalue weighted by Gasteiger charge is 2.14. The predicted molar refractivity (Wildman–Crippen MR) is 98.5 cm³/mol. The minimum absolute atomic E-state index is 0. The molecule has 3 N–H and O–H groups in total. The van der Waals surface area contributed by atoms with Crippen LogP contribution in [-0.4, -0.2) is 23.5 Å². The van der Waals surface area contributed by atoms with E-state index in [1.54, 1.807) is 11.3 Å². The van der Waals surface area contributed by atoms with E-state index in [0.717, 1.165) is 24.1 Å². The van der Waals surface area contributed by atoms with Crippen molar-refractivity contribution in [3.8, 4) is 10.8 Å². The molecular formula is C15H23Cl2N3O2S. The Balaban J connectivity index is 0.00000242. The third kappa shape index (κ3) is 6.91. The third-order valence-electron chi connectivity index (χ3n) is 3.18. The molecule has 0 fully saturated rings. The number of nitrogens with zero attached hydrogens (tertiary/aromatic N) is 1. The van der Waals surface area contributed by atoms with Gasteiger partial charge in [0.25, 0.3) is 0 Å². The summed E-state index contributed by atoms with van der Waals surface area (Å²) in [6.07, 6.45) is 4.84. The van der Waals surface area contributed by atoms with Crippen LogP contribution in [0.25, 0.3) is 10.8 Å². The van der Waals surface area contributed by atoms with Gasteiger partial charge in [-0.1, -0.05) is 25.8 Å². The molecule has 0 spiro atoms. The predicted octanol–water partition coefficient (Wildman–Crippen LogP) is 3.42. The lowest BCUT2D eigenvalue weighted by molar-refractivity contribution is -0.121. The average molecular weight is 380 g/mol. The van der Waals surface area contributed by atoms with Gasteiger partial charge in [0, 0.05) is 12.6 Å². The Morgan fingerprint density at radius 1 is 1.48 bits per heavy atom. The van der Waals surface area contributed by atoms with E-state index in [9.17, 15) is 4.79 Å². The molecule has 0 bridgehead atoms. The van der Waals surface area contributed by atoms with Crippen LogP contribution in [0, 0.1) is 0 Å². The van der Waals surface area contributed by atoms with E-state index in [4.69, 9.17) is 10.2 Å². The first kappa shape index (κ1) is 21.9. The highest BCUT2D eigenvalue weighted by atomic mass is 35.5. The lowest BCUT2D eigenvalue weighted by atomic mass is 10.1. The maximum atomic E-state index is 12.0. The molecule has 0 saturated heterocycles. The smallest absolute Gasteiger partial charge is 0.236 e. The van der Waals surface area contributed by atoms with E-state index in [-0.39, 0.29) is 43.2 Å². The number of carbonyl (C=O) groups excluding carboxylic acids is 1. The lowest BCUT2D eigenvalue weighted by Crippen LogP contribution is -2.40. The van der Waals surface area contributed by atoms with Crippen molar-refractivity contribution >= 4 is 42.1 Å². The zero-order chi connectivity index (χ0) is 15.1. The number of halogens is 2. The molecule has 0 saturated carbocycles. The molecular weight excluding hydrogens is 357 g/mol. The molecule has 1 unspecified atom stereocenters. The molecule has 1 atom stereocenters. The number of hydrogen-bond acceptors (Lipinski definition) is 5. The number of amides is 1. The zero-order valence-corrected chi connectivity index (χ0v) is 15.4. The van der Waals surface area contributed by atoms with Gasteiger partial charge in [0.2, 0.25) is 11.8 Å². The van der Waals surface area contributed by atoms with Crippen LogP contribution < -0.4 is 11.1 Å². The van der Waals surface area contributed by atoms with Crippen LogP contribution in [-0.2, 0) is 11.2 Å². The lowest BCUT2D eigenvalue weighted by Gasteiger charge is -2.15. The summed E-state index contributed by atoms with van der Waals surface area (Å²) in [5.74, 6) is 0.502. The van der Waals surface area contributed by atoms with Crippen molar-refractivity contribution in [3.63, 3.8) is 0 Å². The van der Waals surface area contributed by atoms with Gasteiger partial charge in [-0.2, -0.15) is 0 Å². The summed E-state index contributed by atoms with van der Waals surface area (Å²) in [4.78, 5) is 17.3. The Kier molecular flexibility index (Phi) is 10.9. The molecule has 23 heavy (non-hydrogen) atoms. The molecule has 0 aliphatic carbocycles.